The van der Waals surface area contributed by atoms with Gasteiger partial charge in [-0.05, 0) is 25.3 Å². The maximum Gasteiger partial charge on any atom is 0.305 e. The number of nitrogens with two attached hydrogens (primary N) is 1. The zero-order valence-corrected chi connectivity index (χ0v) is 42.6. The highest BCUT2D eigenvalue weighted by Gasteiger charge is 2.26. The molecule has 3 aromatic rings. The molecule has 1 aromatic carbocycles. The monoisotopic (exact) mass is 1050 g/mol. The Balaban J connectivity index is 1.09. The fourth-order valence-electron chi connectivity index (χ4n) is 6.69. The lowest BCUT2D eigenvalue weighted by molar-refractivity contribution is -0.138. The Hall–Kier alpha value is -4.22. The molecule has 24 nitrogen and oxygen atoms in total. The number of hydrogen-bond donors (Lipinski definition) is 5. The molecule has 0 fully saturated rings. The predicted octanol–water partition coefficient (Wildman–Crippen LogP) is 1.83. The van der Waals surface area contributed by atoms with Gasteiger partial charge in [0.2, 0.25) is 11.8 Å². The van der Waals surface area contributed by atoms with Crippen LogP contribution in [0, 0.1) is 0 Å². The van der Waals surface area contributed by atoms with Gasteiger partial charge in [-0.3, -0.25) is 18.9 Å². The smallest absolute Gasteiger partial charge is 0.305 e. The zero-order valence-electron chi connectivity index (χ0n) is 41.8. The van der Waals surface area contributed by atoms with E-state index in [0.717, 1.165) is 41.5 Å². The lowest BCUT2D eigenvalue weighted by Crippen LogP contribution is -2.50. The number of carbonyl (C=O) groups excluding carboxylic acids is 2. The second-order valence-electron chi connectivity index (χ2n) is 16.0. The second kappa shape index (κ2) is 39.3. The fourth-order valence-corrected chi connectivity index (χ4v) is 7.34. The number of ether oxygens (including phenoxy) is 11. The number of nitrogens with one attached hydrogen (secondary N) is 2. The second-order valence-corrected chi connectivity index (χ2v) is 17.5. The molecular weight excluding hydrogens is 969 g/mol. The van der Waals surface area contributed by atoms with E-state index < -0.39 is 39.7 Å². The molecule has 0 saturated carbocycles. The summed E-state index contributed by atoms with van der Waals surface area (Å²) in [4.78, 5) is 45.3. The summed E-state index contributed by atoms with van der Waals surface area (Å²) in [6, 6.07) is 6.27. The number of para-hydroxylation sites is 1. The van der Waals surface area contributed by atoms with E-state index in [1.54, 1.807) is 0 Å². The number of aliphatic carboxylic acids is 1. The fraction of sp³-hybridized carbons (Fsp3) is 0.723. The van der Waals surface area contributed by atoms with Crippen LogP contribution in [-0.2, 0) is 89.6 Å². The highest BCUT2D eigenvalue weighted by Crippen LogP contribution is 2.29. The average molecular weight is 1050 g/mol. The molecule has 2 amide bonds. The van der Waals surface area contributed by atoms with Crippen molar-refractivity contribution in [1.82, 2.24) is 25.2 Å². The van der Waals surface area contributed by atoms with Gasteiger partial charge in [0.1, 0.15) is 23.1 Å². The minimum absolute atomic E-state index is 0.00401. The minimum Gasteiger partial charge on any atom is -0.481 e. The van der Waals surface area contributed by atoms with E-state index in [1.807, 2.05) is 24.3 Å². The lowest BCUT2D eigenvalue weighted by atomic mass is 10.1. The molecule has 0 bridgehead atoms. The van der Waals surface area contributed by atoms with Gasteiger partial charge in [-0.25, -0.2) is 9.97 Å². The van der Waals surface area contributed by atoms with Gasteiger partial charge in [-0.15, -0.1) is 0 Å². The van der Waals surface area contributed by atoms with Gasteiger partial charge in [0, 0.05) is 31.3 Å². The summed E-state index contributed by atoms with van der Waals surface area (Å²) >= 11 is 0. The molecule has 0 spiro atoms. The maximum atomic E-state index is 13.0. The third-order valence-electron chi connectivity index (χ3n) is 10.2. The first-order chi connectivity index (χ1) is 35.0. The van der Waals surface area contributed by atoms with Crippen LogP contribution in [0.1, 0.15) is 51.3 Å². The number of aryl methyl sites for hydroxylation is 2. The normalized spacial score (nSPS) is 12.2. The number of carboxylic acid groups (broad SMARTS) is 1. The van der Waals surface area contributed by atoms with E-state index in [1.165, 1.54) is 0 Å². The number of carbonyl (C=O) groups is 3. The van der Waals surface area contributed by atoms with Crippen molar-refractivity contribution in [2.75, 3.05) is 163 Å². The Morgan fingerprint density at radius 3 is 1.53 bits per heavy atom. The van der Waals surface area contributed by atoms with Crippen molar-refractivity contribution < 1.29 is 84.6 Å². The number of nitrogens with zero attached hydrogens (tertiary/aromatic N) is 3. The van der Waals surface area contributed by atoms with Crippen LogP contribution in [0.25, 0.3) is 21.9 Å². The summed E-state index contributed by atoms with van der Waals surface area (Å²) in [7, 11) is -4.59. The van der Waals surface area contributed by atoms with Crippen molar-refractivity contribution >= 4 is 55.7 Å². The lowest BCUT2D eigenvalue weighted by Gasteiger charge is -2.17. The molecule has 410 valence electrons. The van der Waals surface area contributed by atoms with E-state index in [0.29, 0.717) is 150 Å². The molecule has 0 unspecified atom stereocenters. The number of amides is 2. The van der Waals surface area contributed by atoms with Crippen molar-refractivity contribution in [3.05, 3.63) is 30.1 Å². The summed E-state index contributed by atoms with van der Waals surface area (Å²) in [5.74, 6) is -1.93. The Kier molecular flexibility index (Phi) is 33.9. The van der Waals surface area contributed by atoms with E-state index in [4.69, 9.17) is 67.9 Å². The van der Waals surface area contributed by atoms with Crippen molar-refractivity contribution in [1.29, 1.82) is 0 Å². The van der Waals surface area contributed by atoms with Crippen molar-refractivity contribution in [3.8, 4) is 0 Å². The average Bonchev–Trinajstić information content (AvgIpc) is 3.72. The number of unbranched alkanes of at least 4 members (excludes halogenated alkanes) is 2. The third kappa shape index (κ3) is 28.9. The standard InChI is InChI=1S/C47H78N6O18S/c1-2-3-10-41-52-44-45(38-8-4-5-9-39(38)51-46(44)48)53(41)14-7-6-13-49-47(57)40(37-72(58,59)60)50-42(54)11-15-61-17-19-63-21-23-65-25-27-67-29-31-69-33-35-71-36-34-70-32-30-68-28-26-66-24-22-64-20-18-62-16-12-43(55)56/h4-5,8-9,40H,2-3,6-7,10-37H2,1H3,(H2,48,51)(H,49,57)(H,50,54)(H,55,56)(H,58,59,60)/t40-/m0/s1. The van der Waals surface area contributed by atoms with Gasteiger partial charge in [-0.2, -0.15) is 8.42 Å². The van der Waals surface area contributed by atoms with E-state index >= 15 is 0 Å². The number of imidazole rings is 1. The highest BCUT2D eigenvalue weighted by atomic mass is 32.2. The number of nitrogen functional groups attached to an aromatic ring is 1. The van der Waals surface area contributed by atoms with Crippen LogP contribution in [0.15, 0.2) is 24.3 Å². The topological polar surface area (TPSA) is 308 Å². The van der Waals surface area contributed by atoms with Gasteiger partial charge < -0.3 is 78.1 Å². The first-order valence-corrected chi connectivity index (χ1v) is 26.2. The Morgan fingerprint density at radius 1 is 0.639 bits per heavy atom. The SMILES string of the molecule is CCCCc1nc2c(N)nc3ccccc3c2n1CCCCNC(=O)[C@H](CS(=O)(=O)O)NC(=O)CCOCCOCCOCCOCCOCCOCCOCCOCCOCCOCCOCCC(=O)O. The molecule has 72 heavy (non-hydrogen) atoms. The van der Waals surface area contributed by atoms with Crippen LogP contribution in [-0.4, -0.2) is 214 Å². The van der Waals surface area contributed by atoms with Gasteiger partial charge in [0.05, 0.1) is 163 Å². The van der Waals surface area contributed by atoms with Crippen LogP contribution in [0.4, 0.5) is 5.82 Å². The van der Waals surface area contributed by atoms with Gasteiger partial charge >= 0.3 is 5.97 Å². The third-order valence-corrected chi connectivity index (χ3v) is 11.0. The Morgan fingerprint density at radius 2 is 1.08 bits per heavy atom. The predicted molar refractivity (Wildman–Crippen MR) is 265 cm³/mol. The molecule has 0 aliphatic carbocycles. The van der Waals surface area contributed by atoms with Gasteiger partial charge in [0.15, 0.2) is 5.82 Å². The summed E-state index contributed by atoms with van der Waals surface area (Å²) in [6.45, 7) is 11.0. The molecule has 0 aliphatic heterocycles. The molecule has 1 atom stereocenters. The number of anilines is 1. The van der Waals surface area contributed by atoms with Crippen LogP contribution in [0.5, 0.6) is 0 Å². The molecule has 2 heterocycles. The number of rotatable bonds is 48. The molecule has 0 radical (unpaired) electrons. The van der Waals surface area contributed by atoms with Crippen LogP contribution >= 0.6 is 0 Å². The molecule has 2 aromatic heterocycles. The van der Waals surface area contributed by atoms with Crippen molar-refractivity contribution in [2.45, 2.75) is 64.5 Å². The highest BCUT2D eigenvalue weighted by molar-refractivity contribution is 7.85. The van der Waals surface area contributed by atoms with Crippen molar-refractivity contribution in [3.63, 3.8) is 0 Å². The Bertz CT molecular complexity index is 2050. The summed E-state index contributed by atoms with van der Waals surface area (Å²) in [5, 5.41) is 14.5. The van der Waals surface area contributed by atoms with Gasteiger partial charge in [0.25, 0.3) is 10.1 Å². The zero-order chi connectivity index (χ0) is 51.9. The largest absolute Gasteiger partial charge is 0.481 e. The minimum atomic E-state index is -4.59. The number of hydrogen-bond acceptors (Lipinski definition) is 19. The summed E-state index contributed by atoms with van der Waals surface area (Å²) in [5.41, 5.74) is 8.66. The van der Waals surface area contributed by atoms with E-state index in [2.05, 4.69) is 27.1 Å². The van der Waals surface area contributed by atoms with E-state index in [9.17, 15) is 27.4 Å². The maximum absolute atomic E-state index is 13.0. The summed E-state index contributed by atoms with van der Waals surface area (Å²) < 4.78 is 94.7. The van der Waals surface area contributed by atoms with Gasteiger partial charge in [-0.1, -0.05) is 31.5 Å². The number of benzene rings is 1. The molecule has 0 saturated heterocycles. The molecule has 25 heteroatoms. The van der Waals surface area contributed by atoms with Crippen LogP contribution in [0.3, 0.4) is 0 Å². The molecule has 3 rings (SSSR count). The van der Waals surface area contributed by atoms with Crippen LogP contribution in [0.2, 0.25) is 0 Å². The van der Waals surface area contributed by atoms with Crippen molar-refractivity contribution in [2.24, 2.45) is 0 Å². The van der Waals surface area contributed by atoms with Crippen LogP contribution < -0.4 is 16.4 Å². The molecular formula is C47H78N6O18S. The number of pyridine rings is 1. The number of aromatic nitrogens is 3. The summed E-state index contributed by atoms with van der Waals surface area (Å²) in [6.07, 6.45) is 3.77. The first kappa shape index (κ1) is 62.1. The number of carboxylic acids is 1. The first-order valence-electron chi connectivity index (χ1n) is 24.6. The number of fused-ring (bicyclic) bond motifs is 3. The molecule has 0 aliphatic rings. The Labute approximate surface area is 422 Å². The van der Waals surface area contributed by atoms with E-state index in [-0.39, 0.29) is 45.8 Å². The quantitative estimate of drug-likeness (QED) is 0.0398. The molecule has 6 N–H and O–H groups in total.